The van der Waals surface area contributed by atoms with Crippen molar-refractivity contribution in [2.45, 2.75) is 19.4 Å². The number of benzene rings is 1. The van der Waals surface area contributed by atoms with Crippen molar-refractivity contribution in [1.82, 2.24) is 0 Å². The van der Waals surface area contributed by atoms with E-state index in [2.05, 4.69) is 22.9 Å². The van der Waals surface area contributed by atoms with Gasteiger partial charge >= 0.3 is 0 Å². The van der Waals surface area contributed by atoms with Crippen LogP contribution in [-0.4, -0.2) is 11.9 Å². The van der Waals surface area contributed by atoms with E-state index in [-0.39, 0.29) is 6.10 Å². The normalized spacial score (nSPS) is 12.8. The molecule has 1 aromatic carbocycles. The van der Waals surface area contributed by atoms with Gasteiger partial charge in [0.05, 0.1) is 6.10 Å². The molecule has 0 saturated heterocycles. The topological polar surface area (TPSA) is 9.23 Å². The summed E-state index contributed by atoms with van der Waals surface area (Å²) in [6.45, 7) is 2.88. The van der Waals surface area contributed by atoms with Gasteiger partial charge in [0.15, 0.2) is 0 Å². The third-order valence-electron chi connectivity index (χ3n) is 1.88. The molecular weight excluding hydrogens is 263 g/mol. The van der Waals surface area contributed by atoms with Gasteiger partial charge < -0.3 is 4.74 Å². The highest BCUT2D eigenvalue weighted by molar-refractivity contribution is 9.09. The van der Waals surface area contributed by atoms with Crippen molar-refractivity contribution >= 4 is 27.5 Å². The lowest BCUT2D eigenvalue weighted by atomic mass is 10.1. The lowest BCUT2D eigenvalue weighted by Gasteiger charge is -2.15. The molecule has 0 heterocycles. The van der Waals surface area contributed by atoms with Crippen LogP contribution in [0.25, 0.3) is 0 Å². The fourth-order valence-corrected chi connectivity index (χ4v) is 1.96. The second-order valence-electron chi connectivity index (χ2n) is 3.07. The van der Waals surface area contributed by atoms with Gasteiger partial charge in [-0.05, 0) is 24.1 Å². The molecule has 0 bridgehead atoms. The van der Waals surface area contributed by atoms with E-state index in [9.17, 15) is 0 Å². The highest BCUT2D eigenvalue weighted by Crippen LogP contribution is 2.22. The summed E-state index contributed by atoms with van der Waals surface area (Å²) in [6.07, 6.45) is 1.14. The fraction of sp³-hybridized carbons (Fsp3) is 0.455. The standard InChI is InChI=1S/C11H14BrClO/c1-2-6-14-11(8-12)9-4-3-5-10(13)7-9/h3-5,7,11H,2,6,8H2,1H3. The zero-order valence-corrected chi connectivity index (χ0v) is 10.5. The Kier molecular flexibility index (Phi) is 5.53. The molecule has 0 spiro atoms. The first-order valence-electron chi connectivity index (χ1n) is 4.71. The monoisotopic (exact) mass is 276 g/mol. The Hall–Kier alpha value is -0.0500. The van der Waals surface area contributed by atoms with Crippen LogP contribution in [0.5, 0.6) is 0 Å². The van der Waals surface area contributed by atoms with Crippen LogP contribution >= 0.6 is 27.5 Å². The van der Waals surface area contributed by atoms with Crippen LogP contribution in [0.1, 0.15) is 25.0 Å². The summed E-state index contributed by atoms with van der Waals surface area (Å²) < 4.78 is 5.68. The van der Waals surface area contributed by atoms with Crippen LogP contribution in [0.3, 0.4) is 0 Å². The van der Waals surface area contributed by atoms with E-state index < -0.39 is 0 Å². The van der Waals surface area contributed by atoms with E-state index in [1.165, 1.54) is 0 Å². The van der Waals surface area contributed by atoms with E-state index in [4.69, 9.17) is 16.3 Å². The second-order valence-corrected chi connectivity index (χ2v) is 4.15. The van der Waals surface area contributed by atoms with Gasteiger partial charge in [-0.15, -0.1) is 0 Å². The number of hydrogen-bond donors (Lipinski definition) is 0. The maximum Gasteiger partial charge on any atom is 0.0922 e. The van der Waals surface area contributed by atoms with E-state index in [1.54, 1.807) is 0 Å². The minimum Gasteiger partial charge on any atom is -0.373 e. The van der Waals surface area contributed by atoms with E-state index in [0.717, 1.165) is 28.9 Å². The zero-order valence-electron chi connectivity index (χ0n) is 8.17. The van der Waals surface area contributed by atoms with Crippen molar-refractivity contribution in [3.05, 3.63) is 34.9 Å². The molecule has 1 nitrogen and oxygen atoms in total. The smallest absolute Gasteiger partial charge is 0.0922 e. The van der Waals surface area contributed by atoms with Crippen LogP contribution in [0.4, 0.5) is 0 Å². The lowest BCUT2D eigenvalue weighted by molar-refractivity contribution is 0.0704. The van der Waals surface area contributed by atoms with Crippen molar-refractivity contribution < 1.29 is 4.74 Å². The van der Waals surface area contributed by atoms with Gasteiger partial charge in [0.2, 0.25) is 0 Å². The molecule has 0 N–H and O–H groups in total. The summed E-state index contributed by atoms with van der Waals surface area (Å²) in [7, 11) is 0. The molecule has 0 aliphatic carbocycles. The molecule has 0 saturated carbocycles. The van der Waals surface area contributed by atoms with Crippen LogP contribution < -0.4 is 0 Å². The van der Waals surface area contributed by atoms with Gasteiger partial charge in [-0.2, -0.15) is 0 Å². The average molecular weight is 278 g/mol. The minimum absolute atomic E-state index is 0.105. The molecular formula is C11H14BrClO. The van der Waals surface area contributed by atoms with E-state index >= 15 is 0 Å². The van der Waals surface area contributed by atoms with Crippen molar-refractivity contribution in [3.63, 3.8) is 0 Å². The number of alkyl halides is 1. The van der Waals surface area contributed by atoms with Crippen LogP contribution in [0.2, 0.25) is 5.02 Å². The Morgan fingerprint density at radius 2 is 2.29 bits per heavy atom. The van der Waals surface area contributed by atoms with Crippen molar-refractivity contribution in [1.29, 1.82) is 0 Å². The summed E-state index contributed by atoms with van der Waals surface area (Å²) >= 11 is 9.35. The summed E-state index contributed by atoms with van der Waals surface area (Å²) in [4.78, 5) is 0. The largest absolute Gasteiger partial charge is 0.373 e. The van der Waals surface area contributed by atoms with Gasteiger partial charge in [-0.25, -0.2) is 0 Å². The van der Waals surface area contributed by atoms with E-state index in [0.29, 0.717) is 0 Å². The summed E-state index contributed by atoms with van der Waals surface area (Å²) in [5.74, 6) is 0. The molecule has 0 aliphatic heterocycles. The van der Waals surface area contributed by atoms with Crippen molar-refractivity contribution in [3.8, 4) is 0 Å². The summed E-state index contributed by atoms with van der Waals surface area (Å²) in [5, 5.41) is 1.56. The van der Waals surface area contributed by atoms with Gasteiger partial charge in [-0.3, -0.25) is 0 Å². The molecule has 1 atom stereocenters. The molecule has 14 heavy (non-hydrogen) atoms. The zero-order chi connectivity index (χ0) is 10.4. The number of rotatable bonds is 5. The predicted octanol–water partition coefficient (Wildman–Crippen LogP) is 4.20. The average Bonchev–Trinajstić information content (AvgIpc) is 2.19. The van der Waals surface area contributed by atoms with Gasteiger partial charge in [-0.1, -0.05) is 46.6 Å². The van der Waals surface area contributed by atoms with Crippen LogP contribution in [-0.2, 0) is 4.74 Å². The van der Waals surface area contributed by atoms with Gasteiger partial charge in [0.25, 0.3) is 0 Å². The molecule has 0 aromatic heterocycles. The molecule has 1 aromatic rings. The Morgan fingerprint density at radius 3 is 2.86 bits per heavy atom. The Bertz CT molecular complexity index is 278. The Labute approximate surface area is 98.5 Å². The summed E-state index contributed by atoms with van der Waals surface area (Å²) in [5.41, 5.74) is 1.13. The van der Waals surface area contributed by atoms with Gasteiger partial charge in [0.1, 0.15) is 0 Å². The van der Waals surface area contributed by atoms with E-state index in [1.807, 2.05) is 24.3 Å². The molecule has 0 fully saturated rings. The first-order chi connectivity index (χ1) is 6.77. The predicted molar refractivity (Wildman–Crippen MR) is 64.2 cm³/mol. The highest BCUT2D eigenvalue weighted by atomic mass is 79.9. The second kappa shape index (κ2) is 6.44. The number of halogens is 2. The molecule has 0 amide bonds. The maximum absolute atomic E-state index is 5.91. The molecule has 1 rings (SSSR count). The quantitative estimate of drug-likeness (QED) is 0.733. The number of ether oxygens (including phenoxy) is 1. The molecule has 0 radical (unpaired) electrons. The molecule has 0 aliphatic rings. The van der Waals surface area contributed by atoms with Crippen molar-refractivity contribution in [2.24, 2.45) is 0 Å². The van der Waals surface area contributed by atoms with Crippen molar-refractivity contribution in [2.75, 3.05) is 11.9 Å². The Morgan fingerprint density at radius 1 is 1.50 bits per heavy atom. The van der Waals surface area contributed by atoms with Gasteiger partial charge in [0, 0.05) is 17.0 Å². The first-order valence-corrected chi connectivity index (χ1v) is 6.21. The van der Waals surface area contributed by atoms with Crippen LogP contribution in [0.15, 0.2) is 24.3 Å². The SMILES string of the molecule is CCCOC(CBr)c1cccc(Cl)c1. The number of hydrogen-bond acceptors (Lipinski definition) is 1. The van der Waals surface area contributed by atoms with Crippen LogP contribution in [0, 0.1) is 0 Å². The summed E-state index contributed by atoms with van der Waals surface area (Å²) in [6, 6.07) is 7.80. The fourth-order valence-electron chi connectivity index (χ4n) is 1.20. The lowest BCUT2D eigenvalue weighted by Crippen LogP contribution is -2.06. The third kappa shape index (κ3) is 3.60. The Balaban J connectivity index is 2.68. The minimum atomic E-state index is 0.105. The molecule has 78 valence electrons. The maximum atomic E-state index is 5.91. The highest BCUT2D eigenvalue weighted by Gasteiger charge is 2.09. The third-order valence-corrected chi connectivity index (χ3v) is 2.71. The first kappa shape index (κ1) is 12.0. The molecule has 1 unspecified atom stereocenters. The molecule has 3 heteroatoms.